The second-order valence-electron chi connectivity index (χ2n) is 7.81. The van der Waals surface area contributed by atoms with E-state index in [9.17, 15) is 30.3 Å². The van der Waals surface area contributed by atoms with Gasteiger partial charge in [0, 0.05) is 28.7 Å². The van der Waals surface area contributed by atoms with E-state index in [1.165, 1.54) is 38.3 Å². The average molecular weight is 443 g/mol. The van der Waals surface area contributed by atoms with Gasteiger partial charge < -0.3 is 41.0 Å². The number of hydrogen-bond acceptors (Lipinski definition) is 7. The van der Waals surface area contributed by atoms with Crippen LogP contribution in [-0.2, 0) is 15.1 Å². The standard InChI is InChI=1S/C14H14ClNO7.C6H13N/c15-14(22)10(18)9(17)13(21,11(23-14)12(19)20)7-5-16-8-4-2-1-3-6(7)8;7-6-4-2-1-3-5-6/h1-5,9-11,16-18,21-22H,(H,19,20);6H,1-5,7H2/t9-,10-,11-,13+,14+;/m1./s1. The maximum absolute atomic E-state index is 11.5. The molecule has 30 heavy (non-hydrogen) atoms. The Morgan fingerprint density at radius 2 is 1.77 bits per heavy atom. The number of carboxylic acids is 1. The van der Waals surface area contributed by atoms with Crippen molar-refractivity contribution in [3.05, 3.63) is 36.0 Å². The minimum absolute atomic E-state index is 0.000725. The Balaban J connectivity index is 0.000000310. The van der Waals surface area contributed by atoms with E-state index < -0.39 is 35.1 Å². The number of rotatable bonds is 2. The number of ether oxygens (including phenoxy) is 1. The molecular formula is C20H27ClN2O7. The third kappa shape index (κ3) is 4.19. The molecule has 1 aliphatic heterocycles. The predicted molar refractivity (Wildman–Crippen MR) is 109 cm³/mol. The summed E-state index contributed by atoms with van der Waals surface area (Å²) < 4.78 is 4.75. The number of aromatic nitrogens is 1. The molecule has 0 bridgehead atoms. The van der Waals surface area contributed by atoms with Gasteiger partial charge in [0.05, 0.1) is 0 Å². The molecule has 5 atom stereocenters. The molecule has 4 rings (SSSR count). The summed E-state index contributed by atoms with van der Waals surface area (Å²) >= 11 is 5.50. The number of hydrogen-bond donors (Lipinski definition) is 7. The van der Waals surface area contributed by atoms with Crippen molar-refractivity contribution in [3.8, 4) is 0 Å². The minimum Gasteiger partial charge on any atom is -0.479 e. The van der Waals surface area contributed by atoms with Crippen LogP contribution in [0.3, 0.4) is 0 Å². The third-order valence-electron chi connectivity index (χ3n) is 5.69. The lowest BCUT2D eigenvalue weighted by molar-refractivity contribution is -0.335. The summed E-state index contributed by atoms with van der Waals surface area (Å²) in [6.07, 6.45) is 1.61. The van der Waals surface area contributed by atoms with E-state index in [1.54, 1.807) is 24.3 Å². The summed E-state index contributed by atoms with van der Waals surface area (Å²) in [4.78, 5) is 14.3. The van der Waals surface area contributed by atoms with Gasteiger partial charge in [-0.2, -0.15) is 0 Å². The second-order valence-corrected chi connectivity index (χ2v) is 8.35. The number of aliphatic hydroxyl groups excluding tert-OH is 2. The first-order valence-corrected chi connectivity index (χ1v) is 10.2. The molecule has 10 heteroatoms. The van der Waals surface area contributed by atoms with Crippen LogP contribution in [0.25, 0.3) is 10.9 Å². The molecule has 1 aliphatic carbocycles. The number of aliphatic carboxylic acids is 1. The number of fused-ring (bicyclic) bond motifs is 1. The molecule has 1 saturated heterocycles. The topological polar surface area (TPSA) is 169 Å². The van der Waals surface area contributed by atoms with Crippen molar-refractivity contribution in [2.75, 3.05) is 0 Å². The summed E-state index contributed by atoms with van der Waals surface area (Å²) in [6.45, 7) is 0. The molecular weight excluding hydrogens is 416 g/mol. The number of alkyl halides is 1. The number of nitrogens with one attached hydrogen (secondary N) is 1. The first kappa shape index (κ1) is 23.0. The number of aliphatic hydroxyl groups is 4. The van der Waals surface area contributed by atoms with Gasteiger partial charge in [-0.3, -0.25) is 0 Å². The van der Waals surface area contributed by atoms with Crippen LogP contribution in [0.15, 0.2) is 30.5 Å². The van der Waals surface area contributed by atoms with Crippen LogP contribution in [0, 0.1) is 0 Å². The molecule has 2 heterocycles. The number of para-hydroxylation sites is 1. The highest BCUT2D eigenvalue weighted by molar-refractivity contribution is 6.22. The van der Waals surface area contributed by atoms with E-state index >= 15 is 0 Å². The van der Waals surface area contributed by atoms with E-state index in [0.29, 0.717) is 16.9 Å². The van der Waals surface area contributed by atoms with Crippen LogP contribution in [0.4, 0.5) is 0 Å². The molecule has 1 aromatic carbocycles. The highest BCUT2D eigenvalue weighted by atomic mass is 35.5. The van der Waals surface area contributed by atoms with Gasteiger partial charge in [-0.05, 0) is 18.9 Å². The summed E-state index contributed by atoms with van der Waals surface area (Å²) in [6, 6.07) is 7.19. The molecule has 9 nitrogen and oxygen atoms in total. The van der Waals surface area contributed by atoms with Gasteiger partial charge in [0.1, 0.15) is 6.10 Å². The fourth-order valence-electron chi connectivity index (χ4n) is 3.99. The van der Waals surface area contributed by atoms with Crippen LogP contribution in [0.5, 0.6) is 0 Å². The second kappa shape index (κ2) is 8.80. The molecule has 2 fully saturated rings. The average Bonchev–Trinajstić information content (AvgIpc) is 3.15. The number of halogens is 1. The third-order valence-corrected chi connectivity index (χ3v) is 6.01. The smallest absolute Gasteiger partial charge is 0.336 e. The van der Waals surface area contributed by atoms with Gasteiger partial charge in [0.2, 0.25) is 0 Å². The first-order valence-electron chi connectivity index (χ1n) is 9.81. The molecule has 0 radical (unpaired) electrons. The molecule has 0 amide bonds. The number of benzene rings is 1. The number of aromatic amines is 1. The number of nitrogens with two attached hydrogens (primary N) is 1. The Labute approximate surface area is 178 Å². The van der Waals surface area contributed by atoms with Gasteiger partial charge >= 0.3 is 5.97 Å². The predicted octanol–water partition coefficient (Wildman–Crippen LogP) is 0.723. The molecule has 8 N–H and O–H groups in total. The van der Waals surface area contributed by atoms with E-state index in [-0.39, 0.29) is 5.56 Å². The number of H-pyrrole nitrogens is 1. The Hall–Kier alpha value is -1.72. The normalized spacial score (nSPS) is 34.9. The Morgan fingerprint density at radius 3 is 2.33 bits per heavy atom. The van der Waals surface area contributed by atoms with Gasteiger partial charge in [-0.1, -0.05) is 49.1 Å². The van der Waals surface area contributed by atoms with Gasteiger partial charge in [-0.25, -0.2) is 4.79 Å². The molecule has 2 aromatic rings. The summed E-state index contributed by atoms with van der Waals surface area (Å²) in [5, 5.41) is 47.7. The van der Waals surface area contributed by atoms with Crippen molar-refractivity contribution < 1.29 is 35.1 Å². The van der Waals surface area contributed by atoms with E-state index in [2.05, 4.69) is 4.98 Å². The lowest BCUT2D eigenvalue weighted by Gasteiger charge is -2.48. The van der Waals surface area contributed by atoms with Crippen LogP contribution in [0.2, 0.25) is 0 Å². The van der Waals surface area contributed by atoms with E-state index in [0.717, 1.165) is 0 Å². The van der Waals surface area contributed by atoms with E-state index in [1.807, 2.05) is 0 Å². The highest BCUT2D eigenvalue weighted by Gasteiger charge is 2.64. The fourth-order valence-corrected chi connectivity index (χ4v) is 4.20. The molecule has 2 aliphatic rings. The van der Waals surface area contributed by atoms with E-state index in [4.69, 9.17) is 22.1 Å². The largest absolute Gasteiger partial charge is 0.479 e. The van der Waals surface area contributed by atoms with Crippen molar-refractivity contribution in [2.24, 2.45) is 5.73 Å². The van der Waals surface area contributed by atoms with Crippen molar-refractivity contribution in [2.45, 2.75) is 67.3 Å². The van der Waals surface area contributed by atoms with Crippen molar-refractivity contribution >= 4 is 28.5 Å². The van der Waals surface area contributed by atoms with Gasteiger partial charge in [0.15, 0.2) is 17.8 Å². The molecule has 1 saturated carbocycles. The number of carbonyl (C=O) groups is 1. The zero-order valence-corrected chi connectivity index (χ0v) is 17.0. The van der Waals surface area contributed by atoms with Crippen molar-refractivity contribution in [1.29, 1.82) is 0 Å². The quantitative estimate of drug-likeness (QED) is 0.333. The highest BCUT2D eigenvalue weighted by Crippen LogP contribution is 2.44. The Bertz CT molecular complexity index is 883. The first-order chi connectivity index (χ1) is 14.1. The van der Waals surface area contributed by atoms with Crippen LogP contribution >= 0.6 is 11.6 Å². The van der Waals surface area contributed by atoms with Crippen LogP contribution in [-0.4, -0.2) is 66.1 Å². The summed E-state index contributed by atoms with van der Waals surface area (Å²) in [5.41, 5.74) is 3.68. The fraction of sp³-hybridized carbons (Fsp3) is 0.550. The Kier molecular flexibility index (Phi) is 6.73. The van der Waals surface area contributed by atoms with Crippen LogP contribution in [0.1, 0.15) is 37.7 Å². The Morgan fingerprint density at radius 1 is 1.13 bits per heavy atom. The lowest BCUT2D eigenvalue weighted by Crippen LogP contribution is -2.69. The maximum Gasteiger partial charge on any atom is 0.336 e. The molecule has 0 spiro atoms. The summed E-state index contributed by atoms with van der Waals surface area (Å²) in [7, 11) is 0. The lowest BCUT2D eigenvalue weighted by atomic mass is 9.78. The van der Waals surface area contributed by atoms with Crippen LogP contribution < -0.4 is 5.73 Å². The SMILES string of the molecule is NC1CCCCC1.O=C(O)[C@H]1O[C@](O)(Cl)[C@H](O)[C@@H](O)[C@@]1(O)c1c[nH]c2ccccc12. The zero-order chi connectivity index (χ0) is 22.1. The maximum atomic E-state index is 11.5. The number of carboxylic acid groups (broad SMARTS) is 1. The monoisotopic (exact) mass is 442 g/mol. The van der Waals surface area contributed by atoms with Gasteiger partial charge in [-0.15, -0.1) is 0 Å². The molecule has 0 unspecified atom stereocenters. The minimum atomic E-state index is -2.85. The van der Waals surface area contributed by atoms with Gasteiger partial charge in [0.25, 0.3) is 5.25 Å². The summed E-state index contributed by atoms with van der Waals surface area (Å²) in [5.74, 6) is -1.66. The molecule has 1 aromatic heterocycles. The molecule has 166 valence electrons. The van der Waals surface area contributed by atoms with Crippen molar-refractivity contribution in [1.82, 2.24) is 4.98 Å². The van der Waals surface area contributed by atoms with Crippen molar-refractivity contribution in [3.63, 3.8) is 0 Å². The zero-order valence-electron chi connectivity index (χ0n) is 16.2.